The van der Waals surface area contributed by atoms with Gasteiger partial charge in [-0.2, -0.15) is 0 Å². The molecule has 17 nitrogen and oxygen atoms in total. The number of carbonyl (C=O) groups excluding carboxylic acids is 4. The topological polar surface area (TPSA) is 237 Å². The van der Waals surface area contributed by atoms with Crippen molar-refractivity contribution in [2.24, 2.45) is 17.8 Å². The van der Waals surface area contributed by atoms with Gasteiger partial charge in [0.05, 0.1) is 26.4 Å². The first kappa shape index (κ1) is 99.1. The maximum absolute atomic E-state index is 13.1. The molecular formula is C82H160O17P2. The van der Waals surface area contributed by atoms with Crippen LogP contribution in [0.1, 0.15) is 427 Å². The Morgan fingerprint density at radius 1 is 0.287 bits per heavy atom. The van der Waals surface area contributed by atoms with E-state index in [9.17, 15) is 43.2 Å². The van der Waals surface area contributed by atoms with Crippen molar-refractivity contribution < 1.29 is 80.2 Å². The number of rotatable bonds is 80. The predicted molar refractivity (Wildman–Crippen MR) is 414 cm³/mol. The molecule has 3 unspecified atom stereocenters. The van der Waals surface area contributed by atoms with Gasteiger partial charge in [-0.25, -0.2) is 9.13 Å². The zero-order valence-electron chi connectivity index (χ0n) is 66.4. The third-order valence-corrected chi connectivity index (χ3v) is 21.4. The van der Waals surface area contributed by atoms with Gasteiger partial charge in [0, 0.05) is 25.7 Å². The second-order valence-electron chi connectivity index (χ2n) is 30.7. The van der Waals surface area contributed by atoms with E-state index in [0.29, 0.717) is 25.7 Å². The first-order valence-corrected chi connectivity index (χ1v) is 45.4. The van der Waals surface area contributed by atoms with Crippen LogP contribution in [0.4, 0.5) is 0 Å². The molecule has 3 N–H and O–H groups in total. The van der Waals surface area contributed by atoms with Crippen LogP contribution in [0, 0.1) is 17.8 Å². The molecule has 0 radical (unpaired) electrons. The summed E-state index contributed by atoms with van der Waals surface area (Å²) >= 11 is 0. The lowest BCUT2D eigenvalue weighted by Gasteiger charge is -2.21. The summed E-state index contributed by atoms with van der Waals surface area (Å²) in [4.78, 5) is 72.7. The van der Waals surface area contributed by atoms with Gasteiger partial charge in [-0.05, 0) is 43.4 Å². The van der Waals surface area contributed by atoms with Gasteiger partial charge < -0.3 is 33.8 Å². The minimum Gasteiger partial charge on any atom is -0.462 e. The van der Waals surface area contributed by atoms with Crippen molar-refractivity contribution in [1.82, 2.24) is 0 Å². The average Bonchev–Trinajstić information content (AvgIpc) is 0.936. The van der Waals surface area contributed by atoms with Crippen molar-refractivity contribution in [2.45, 2.75) is 446 Å². The molecule has 0 aliphatic rings. The number of phosphoric acid groups is 2. The van der Waals surface area contributed by atoms with E-state index in [-0.39, 0.29) is 25.7 Å². The molecule has 600 valence electrons. The molecule has 0 saturated carbocycles. The number of aliphatic hydroxyl groups excluding tert-OH is 1. The summed E-state index contributed by atoms with van der Waals surface area (Å²) in [6, 6.07) is 0. The highest BCUT2D eigenvalue weighted by molar-refractivity contribution is 7.47. The van der Waals surface area contributed by atoms with E-state index in [1.165, 1.54) is 231 Å². The Hall–Kier alpha value is -1.94. The van der Waals surface area contributed by atoms with Crippen LogP contribution in [0.3, 0.4) is 0 Å². The van der Waals surface area contributed by atoms with Gasteiger partial charge in [0.1, 0.15) is 19.3 Å². The van der Waals surface area contributed by atoms with Gasteiger partial charge in [-0.1, -0.05) is 376 Å². The Bertz CT molecular complexity index is 1960. The zero-order chi connectivity index (χ0) is 74.4. The van der Waals surface area contributed by atoms with E-state index >= 15 is 0 Å². The third-order valence-electron chi connectivity index (χ3n) is 19.5. The number of carbonyl (C=O) groups is 4. The van der Waals surface area contributed by atoms with Gasteiger partial charge in [0.15, 0.2) is 12.2 Å². The highest BCUT2D eigenvalue weighted by Gasteiger charge is 2.30. The van der Waals surface area contributed by atoms with Crippen LogP contribution in [0.15, 0.2) is 0 Å². The third kappa shape index (κ3) is 74.7. The normalized spacial score (nSPS) is 14.2. The summed E-state index contributed by atoms with van der Waals surface area (Å²) in [5.41, 5.74) is 0. The number of hydrogen-bond donors (Lipinski definition) is 3. The maximum atomic E-state index is 13.1. The predicted octanol–water partition coefficient (Wildman–Crippen LogP) is 24.5. The first-order chi connectivity index (χ1) is 48.8. The fourth-order valence-corrected chi connectivity index (χ4v) is 14.2. The fraction of sp³-hybridized carbons (Fsp3) is 0.951. The lowest BCUT2D eigenvalue weighted by molar-refractivity contribution is -0.161. The van der Waals surface area contributed by atoms with E-state index < -0.39 is 97.5 Å². The Labute approximate surface area is 619 Å². The molecule has 0 aliphatic carbocycles. The van der Waals surface area contributed by atoms with Crippen LogP contribution in [0.2, 0.25) is 0 Å². The smallest absolute Gasteiger partial charge is 0.462 e. The molecule has 6 atom stereocenters. The molecule has 0 amide bonds. The van der Waals surface area contributed by atoms with Crippen LogP contribution in [0.25, 0.3) is 0 Å². The highest BCUT2D eigenvalue weighted by Crippen LogP contribution is 2.45. The highest BCUT2D eigenvalue weighted by atomic mass is 31.2. The second kappa shape index (κ2) is 72.3. The molecule has 0 heterocycles. The molecule has 0 saturated heterocycles. The Morgan fingerprint density at radius 3 is 0.752 bits per heavy atom. The molecule has 0 spiro atoms. The van der Waals surface area contributed by atoms with E-state index in [1.54, 1.807) is 0 Å². The number of ether oxygens (including phenoxy) is 4. The van der Waals surface area contributed by atoms with E-state index in [4.69, 9.17) is 37.0 Å². The van der Waals surface area contributed by atoms with Crippen molar-refractivity contribution in [3.8, 4) is 0 Å². The van der Waals surface area contributed by atoms with Crippen LogP contribution < -0.4 is 0 Å². The van der Waals surface area contributed by atoms with Gasteiger partial charge >= 0.3 is 39.5 Å². The zero-order valence-corrected chi connectivity index (χ0v) is 68.2. The number of esters is 4. The van der Waals surface area contributed by atoms with Gasteiger partial charge in [0.2, 0.25) is 0 Å². The second-order valence-corrected chi connectivity index (χ2v) is 33.6. The van der Waals surface area contributed by atoms with E-state index in [0.717, 1.165) is 114 Å². The summed E-state index contributed by atoms with van der Waals surface area (Å²) in [5.74, 6) is 0.324. The molecule has 101 heavy (non-hydrogen) atoms. The van der Waals surface area contributed by atoms with E-state index in [1.807, 2.05) is 0 Å². The van der Waals surface area contributed by atoms with Crippen LogP contribution in [-0.2, 0) is 65.4 Å². The number of aliphatic hydroxyl groups is 1. The molecule has 0 aromatic carbocycles. The van der Waals surface area contributed by atoms with Crippen molar-refractivity contribution in [2.75, 3.05) is 39.6 Å². The number of hydrogen-bond acceptors (Lipinski definition) is 15. The fourth-order valence-electron chi connectivity index (χ4n) is 12.6. The average molecular weight is 1480 g/mol. The summed E-state index contributed by atoms with van der Waals surface area (Å²) in [5, 5.41) is 10.6. The Morgan fingerprint density at radius 2 is 0.505 bits per heavy atom. The molecule has 19 heteroatoms. The Balaban J connectivity index is 5.11. The van der Waals surface area contributed by atoms with Crippen molar-refractivity contribution in [1.29, 1.82) is 0 Å². The summed E-state index contributed by atoms with van der Waals surface area (Å²) in [7, 11) is -9.91. The number of unbranched alkanes of at least 4 members (excludes halogenated alkanes) is 47. The molecule has 0 aromatic rings. The van der Waals surface area contributed by atoms with Crippen molar-refractivity contribution in [3.63, 3.8) is 0 Å². The molecular weight excluding hydrogens is 1320 g/mol. The molecule has 0 fully saturated rings. The van der Waals surface area contributed by atoms with Crippen LogP contribution in [-0.4, -0.2) is 96.7 Å². The maximum Gasteiger partial charge on any atom is 0.472 e. The van der Waals surface area contributed by atoms with Crippen LogP contribution in [0.5, 0.6) is 0 Å². The standard InChI is InChI=1S/C82H160O17P2/c1-8-10-11-46-56-63-79(84)92-69-77(98-81(86)66-59-52-45-39-33-32-35-41-48-54-61-74(5)6)71-96-100(88,89)94-67-76(83)68-95-101(90,91)97-72-78(70-93-80(85)64-57-50-43-37-30-26-22-18-14-12-16-20-24-28-34-40-47-53-60-73(3)4)99-82(87)65-58-51-44-38-31-27-23-19-15-13-17-21-25-29-36-42-49-55-62-75(7)9-2/h73-78,83H,8-72H2,1-7H3,(H,88,89)(H,90,91)/t75?,76-,77+,78+/m0/s1. The number of phosphoric ester groups is 2. The lowest BCUT2D eigenvalue weighted by atomic mass is 9.99. The molecule has 0 rings (SSSR count). The molecule has 0 bridgehead atoms. The minimum absolute atomic E-state index is 0.105. The Kier molecular flexibility index (Phi) is 70.9. The van der Waals surface area contributed by atoms with Gasteiger partial charge in [-0.3, -0.25) is 37.3 Å². The quantitative estimate of drug-likeness (QED) is 0.0222. The SMILES string of the molecule is CCCCCCCC(=O)OC[C@H](COP(=O)(O)OC[C@H](O)COP(=O)(O)OC[C@@H](COC(=O)CCCCCCCCCCCCCCCCCCCCC(C)C)OC(=O)CCCCCCCCCCCCCCCCCCCCC(C)CC)OC(=O)CCCCCCCCCCCCC(C)C. The van der Waals surface area contributed by atoms with Gasteiger partial charge in [-0.15, -0.1) is 0 Å². The minimum atomic E-state index is -4.96. The van der Waals surface area contributed by atoms with Crippen molar-refractivity contribution >= 4 is 39.5 Å². The first-order valence-electron chi connectivity index (χ1n) is 42.4. The largest absolute Gasteiger partial charge is 0.472 e. The lowest BCUT2D eigenvalue weighted by Crippen LogP contribution is -2.30. The van der Waals surface area contributed by atoms with E-state index in [2.05, 4.69) is 48.5 Å². The molecule has 0 aliphatic heterocycles. The molecule has 0 aromatic heterocycles. The monoisotopic (exact) mass is 1480 g/mol. The summed E-state index contributed by atoms with van der Waals surface area (Å²) in [6.45, 7) is 11.9. The van der Waals surface area contributed by atoms with Gasteiger partial charge in [0.25, 0.3) is 0 Å². The summed E-state index contributed by atoms with van der Waals surface area (Å²) < 4.78 is 68.5. The van der Waals surface area contributed by atoms with Crippen molar-refractivity contribution in [3.05, 3.63) is 0 Å². The summed E-state index contributed by atoms with van der Waals surface area (Å²) in [6.07, 6.45) is 61.6. The van der Waals surface area contributed by atoms with Crippen LogP contribution >= 0.6 is 15.6 Å².